The molecule has 2 heterocycles. The molecule has 1 aromatic rings. The summed E-state index contributed by atoms with van der Waals surface area (Å²) in [5.74, 6) is 0.625. The van der Waals surface area contributed by atoms with Gasteiger partial charge in [0.15, 0.2) is 5.82 Å². The van der Waals surface area contributed by atoms with Crippen LogP contribution in [0.1, 0.15) is 18.4 Å². The highest BCUT2D eigenvalue weighted by atomic mass is 16.5. The topological polar surface area (TPSA) is 62.0 Å². The number of hydrogen-bond donors (Lipinski definition) is 0. The molecule has 1 unspecified atom stereocenters. The highest BCUT2D eigenvalue weighted by Crippen LogP contribution is 2.18. The van der Waals surface area contributed by atoms with Crippen LogP contribution in [0.2, 0.25) is 0 Å². The van der Waals surface area contributed by atoms with Gasteiger partial charge in [-0.1, -0.05) is 0 Å². The molecule has 1 saturated heterocycles. The number of nitrogens with zero attached hydrogens (tertiary/aromatic N) is 4. The Morgan fingerprint density at radius 1 is 1.69 bits per heavy atom. The Balaban J connectivity index is 2.08. The minimum absolute atomic E-state index is 0.249. The van der Waals surface area contributed by atoms with Gasteiger partial charge in [0, 0.05) is 20.2 Å². The quantitative estimate of drug-likeness (QED) is 0.756. The lowest BCUT2D eigenvalue weighted by Gasteiger charge is -2.21. The summed E-state index contributed by atoms with van der Waals surface area (Å²) in [7, 11) is 1.91. The summed E-state index contributed by atoms with van der Waals surface area (Å²) >= 11 is 0. The molecule has 0 saturated carbocycles. The Labute approximate surface area is 94.7 Å². The zero-order chi connectivity index (χ0) is 11.4. The number of likely N-dealkylation sites (N-methyl/N-ethyl adjacent to an activating group) is 1. The van der Waals surface area contributed by atoms with Gasteiger partial charge in [0.05, 0.1) is 17.9 Å². The lowest BCUT2D eigenvalue weighted by atomic mass is 10.2. The van der Waals surface area contributed by atoms with E-state index in [4.69, 9.17) is 10.00 Å². The van der Waals surface area contributed by atoms with E-state index in [1.807, 2.05) is 11.9 Å². The van der Waals surface area contributed by atoms with Crippen LogP contribution in [0.3, 0.4) is 0 Å². The zero-order valence-corrected chi connectivity index (χ0v) is 9.26. The second-order valence-electron chi connectivity index (χ2n) is 3.90. The van der Waals surface area contributed by atoms with Crippen LogP contribution in [0.15, 0.2) is 12.3 Å². The smallest absolute Gasteiger partial charge is 0.169 e. The predicted octanol–water partition coefficient (Wildman–Crippen LogP) is 0.963. The maximum Gasteiger partial charge on any atom is 0.169 e. The molecule has 0 aliphatic carbocycles. The summed E-state index contributed by atoms with van der Waals surface area (Å²) in [5, 5.41) is 16.7. The molecule has 16 heavy (non-hydrogen) atoms. The van der Waals surface area contributed by atoms with Crippen molar-refractivity contribution >= 4 is 5.82 Å². The van der Waals surface area contributed by atoms with Crippen molar-refractivity contribution in [2.24, 2.45) is 0 Å². The van der Waals surface area contributed by atoms with Crippen LogP contribution in [0.25, 0.3) is 0 Å². The van der Waals surface area contributed by atoms with Crippen molar-refractivity contribution in [1.82, 2.24) is 10.2 Å². The molecule has 0 radical (unpaired) electrons. The van der Waals surface area contributed by atoms with Crippen LogP contribution < -0.4 is 4.90 Å². The SMILES string of the molecule is CN(CC1CCCO1)c1nnccc1C#N. The van der Waals surface area contributed by atoms with Crippen molar-refractivity contribution in [1.29, 1.82) is 5.26 Å². The van der Waals surface area contributed by atoms with Gasteiger partial charge < -0.3 is 9.64 Å². The third-order valence-corrected chi connectivity index (χ3v) is 2.68. The first-order valence-corrected chi connectivity index (χ1v) is 5.36. The van der Waals surface area contributed by atoms with E-state index >= 15 is 0 Å². The molecule has 1 atom stereocenters. The number of anilines is 1. The van der Waals surface area contributed by atoms with Gasteiger partial charge in [-0.05, 0) is 18.9 Å². The molecule has 1 aliphatic heterocycles. The Kier molecular flexibility index (Phi) is 3.32. The fourth-order valence-corrected chi connectivity index (χ4v) is 1.87. The van der Waals surface area contributed by atoms with E-state index in [1.165, 1.54) is 6.20 Å². The maximum atomic E-state index is 8.95. The average molecular weight is 218 g/mol. The maximum absolute atomic E-state index is 8.95. The molecular formula is C11H14N4O. The van der Waals surface area contributed by atoms with Crippen molar-refractivity contribution in [2.75, 3.05) is 25.1 Å². The van der Waals surface area contributed by atoms with E-state index in [0.29, 0.717) is 11.4 Å². The molecule has 0 amide bonds. The second-order valence-corrected chi connectivity index (χ2v) is 3.90. The molecule has 84 valence electrons. The first kappa shape index (κ1) is 10.8. The van der Waals surface area contributed by atoms with E-state index < -0.39 is 0 Å². The predicted molar refractivity (Wildman–Crippen MR) is 59.0 cm³/mol. The summed E-state index contributed by atoms with van der Waals surface area (Å²) in [4.78, 5) is 1.93. The number of aromatic nitrogens is 2. The highest BCUT2D eigenvalue weighted by molar-refractivity contribution is 5.51. The first-order valence-electron chi connectivity index (χ1n) is 5.36. The fraction of sp³-hybridized carbons (Fsp3) is 0.545. The Hall–Kier alpha value is -1.67. The van der Waals surface area contributed by atoms with Gasteiger partial charge in [-0.25, -0.2) is 0 Å². The van der Waals surface area contributed by atoms with Gasteiger partial charge >= 0.3 is 0 Å². The van der Waals surface area contributed by atoms with Crippen LogP contribution in [0.5, 0.6) is 0 Å². The minimum Gasteiger partial charge on any atom is -0.376 e. The number of nitriles is 1. The van der Waals surface area contributed by atoms with Crippen molar-refractivity contribution in [3.8, 4) is 6.07 Å². The van der Waals surface area contributed by atoms with Crippen molar-refractivity contribution in [3.63, 3.8) is 0 Å². The summed E-state index contributed by atoms with van der Waals surface area (Å²) in [6, 6.07) is 3.79. The van der Waals surface area contributed by atoms with Gasteiger partial charge in [-0.3, -0.25) is 0 Å². The van der Waals surface area contributed by atoms with E-state index in [0.717, 1.165) is 26.0 Å². The molecule has 5 heteroatoms. The van der Waals surface area contributed by atoms with Crippen LogP contribution in [0.4, 0.5) is 5.82 Å². The van der Waals surface area contributed by atoms with Crippen LogP contribution in [-0.2, 0) is 4.74 Å². The van der Waals surface area contributed by atoms with Crippen molar-refractivity contribution in [2.45, 2.75) is 18.9 Å². The van der Waals surface area contributed by atoms with E-state index in [1.54, 1.807) is 6.07 Å². The molecule has 0 bridgehead atoms. The molecule has 0 aromatic carbocycles. The van der Waals surface area contributed by atoms with E-state index in [9.17, 15) is 0 Å². The first-order chi connectivity index (χ1) is 7.81. The van der Waals surface area contributed by atoms with Crippen LogP contribution in [-0.4, -0.2) is 36.5 Å². The Morgan fingerprint density at radius 2 is 2.56 bits per heavy atom. The van der Waals surface area contributed by atoms with Gasteiger partial charge in [0.2, 0.25) is 0 Å². The summed E-state index contributed by atoms with van der Waals surface area (Å²) in [5.41, 5.74) is 0.551. The number of hydrogen-bond acceptors (Lipinski definition) is 5. The number of rotatable bonds is 3. The molecule has 0 N–H and O–H groups in total. The van der Waals surface area contributed by atoms with Gasteiger partial charge in [-0.15, -0.1) is 5.10 Å². The lowest BCUT2D eigenvalue weighted by Crippen LogP contribution is -2.29. The van der Waals surface area contributed by atoms with E-state index in [-0.39, 0.29) is 6.10 Å². The summed E-state index contributed by atoms with van der Waals surface area (Å²) < 4.78 is 5.55. The van der Waals surface area contributed by atoms with Crippen LogP contribution in [0, 0.1) is 11.3 Å². The lowest BCUT2D eigenvalue weighted by molar-refractivity contribution is 0.116. The minimum atomic E-state index is 0.249. The van der Waals surface area contributed by atoms with Crippen molar-refractivity contribution in [3.05, 3.63) is 17.8 Å². The third-order valence-electron chi connectivity index (χ3n) is 2.68. The highest BCUT2D eigenvalue weighted by Gasteiger charge is 2.19. The van der Waals surface area contributed by atoms with Gasteiger partial charge in [-0.2, -0.15) is 10.4 Å². The average Bonchev–Trinajstić information content (AvgIpc) is 2.81. The Morgan fingerprint density at radius 3 is 3.25 bits per heavy atom. The largest absolute Gasteiger partial charge is 0.376 e. The summed E-state index contributed by atoms with van der Waals surface area (Å²) in [6.45, 7) is 1.59. The molecule has 1 aromatic heterocycles. The van der Waals surface area contributed by atoms with Gasteiger partial charge in [0.1, 0.15) is 6.07 Å². The summed E-state index contributed by atoms with van der Waals surface area (Å²) in [6.07, 6.45) is 3.97. The molecule has 1 aliphatic rings. The molecule has 2 rings (SSSR count). The molecule has 0 spiro atoms. The standard InChI is InChI=1S/C11H14N4O/c1-15(8-10-3-2-6-16-10)11-9(7-12)4-5-13-14-11/h4-5,10H,2-3,6,8H2,1H3. The third kappa shape index (κ3) is 2.28. The van der Waals surface area contributed by atoms with Crippen molar-refractivity contribution < 1.29 is 4.74 Å². The molecule has 1 fully saturated rings. The molecule has 5 nitrogen and oxygen atoms in total. The second kappa shape index (κ2) is 4.90. The monoisotopic (exact) mass is 218 g/mol. The zero-order valence-electron chi connectivity index (χ0n) is 9.26. The fourth-order valence-electron chi connectivity index (χ4n) is 1.87. The van der Waals surface area contributed by atoms with Gasteiger partial charge in [0.25, 0.3) is 0 Å². The Bertz CT molecular complexity index is 395. The molecular weight excluding hydrogens is 204 g/mol. The van der Waals surface area contributed by atoms with E-state index in [2.05, 4.69) is 16.3 Å². The number of ether oxygens (including phenoxy) is 1. The van der Waals surface area contributed by atoms with Crippen LogP contribution >= 0.6 is 0 Å². The normalized spacial score (nSPS) is 19.4.